The Morgan fingerprint density at radius 1 is 1.18 bits per heavy atom. The molecule has 0 rings (SSSR count). The molecule has 11 heavy (non-hydrogen) atoms. The van der Waals surface area contributed by atoms with Crippen LogP contribution < -0.4 is 0 Å². The summed E-state index contributed by atoms with van der Waals surface area (Å²) in [7, 11) is 0. The van der Waals surface area contributed by atoms with Crippen molar-refractivity contribution in [2.45, 2.75) is 0 Å². The highest BCUT2D eigenvalue weighted by atomic mass is 79.9. The first-order chi connectivity index (χ1) is 5.09. The van der Waals surface area contributed by atoms with Gasteiger partial charge in [-0.25, -0.2) is 9.59 Å². The number of carboxylic acids is 2. The van der Waals surface area contributed by atoms with Crippen molar-refractivity contribution in [3.8, 4) is 0 Å². The maximum absolute atomic E-state index is 10.1. The summed E-state index contributed by atoms with van der Waals surface area (Å²) in [4.78, 5) is 21.7. The molecule has 2 N–H and O–H groups in total. The molecule has 0 aliphatic carbocycles. The van der Waals surface area contributed by atoms with E-state index in [1.165, 1.54) is 11.1 Å². The number of carboxylic acid groups (broad SMARTS) is 2. The number of hydrogen-bond donors (Lipinski definition) is 2. The van der Waals surface area contributed by atoms with Gasteiger partial charge in [-0.15, -0.1) is 0 Å². The van der Waals surface area contributed by atoms with Crippen LogP contribution in [0.3, 0.4) is 0 Å². The Morgan fingerprint density at radius 2 is 1.64 bits per heavy atom. The highest BCUT2D eigenvalue weighted by Crippen LogP contribution is 1.96. The second-order valence-corrected chi connectivity index (χ2v) is 2.04. The molecule has 0 amide bonds. The number of aliphatic carboxylic acids is 2. The molecular weight excluding hydrogens is 216 g/mol. The van der Waals surface area contributed by atoms with E-state index < -0.39 is 17.5 Å². The molecule has 0 atom stereocenters. The standard InChI is InChI=1S/C6H5BrO4/c7-3-1-2-4(5(8)9)6(10)11/h1-3H,(H,8,9)(H,10,11)/b3-1+. The molecule has 0 aromatic rings. The van der Waals surface area contributed by atoms with Gasteiger partial charge in [0, 0.05) is 0 Å². The molecule has 4 nitrogen and oxygen atoms in total. The lowest BCUT2D eigenvalue weighted by Gasteiger charge is -1.90. The fraction of sp³-hybridized carbons (Fsp3) is 0. The Labute approximate surface area is 71.0 Å². The number of allylic oxidation sites excluding steroid dienone is 2. The molecule has 0 saturated heterocycles. The van der Waals surface area contributed by atoms with E-state index in [0.717, 1.165) is 6.08 Å². The van der Waals surface area contributed by atoms with Gasteiger partial charge in [0.25, 0.3) is 0 Å². The minimum Gasteiger partial charge on any atom is -0.477 e. The zero-order valence-electron chi connectivity index (χ0n) is 5.32. The third-order valence-electron chi connectivity index (χ3n) is 0.796. The lowest BCUT2D eigenvalue weighted by atomic mass is 10.2. The minimum atomic E-state index is -1.46. The van der Waals surface area contributed by atoms with Crippen molar-refractivity contribution in [3.05, 3.63) is 22.7 Å². The largest absolute Gasteiger partial charge is 0.477 e. The topological polar surface area (TPSA) is 74.6 Å². The van der Waals surface area contributed by atoms with E-state index in [9.17, 15) is 9.59 Å². The van der Waals surface area contributed by atoms with Crippen molar-refractivity contribution in [1.29, 1.82) is 0 Å². The fourth-order valence-corrected chi connectivity index (χ4v) is 0.519. The van der Waals surface area contributed by atoms with Crippen LogP contribution in [-0.4, -0.2) is 22.2 Å². The van der Waals surface area contributed by atoms with E-state index in [1.807, 2.05) is 0 Å². The highest BCUT2D eigenvalue weighted by Gasteiger charge is 2.13. The van der Waals surface area contributed by atoms with Crippen LogP contribution in [0, 0.1) is 0 Å². The molecule has 0 heterocycles. The molecule has 0 spiro atoms. The van der Waals surface area contributed by atoms with Gasteiger partial charge in [0.15, 0.2) is 0 Å². The molecule has 0 fully saturated rings. The summed E-state index contributed by atoms with van der Waals surface area (Å²) in [6.07, 6.45) is 2.26. The van der Waals surface area contributed by atoms with Crippen LogP contribution in [-0.2, 0) is 9.59 Å². The lowest BCUT2D eigenvalue weighted by molar-refractivity contribution is -0.140. The Bertz CT molecular complexity index is 213. The molecule has 0 unspecified atom stereocenters. The predicted octanol–water partition coefficient (Wildman–Crippen LogP) is 0.991. The van der Waals surface area contributed by atoms with Crippen molar-refractivity contribution in [2.24, 2.45) is 0 Å². The summed E-state index contributed by atoms with van der Waals surface area (Å²) in [5.74, 6) is -2.91. The van der Waals surface area contributed by atoms with Crippen LogP contribution in [0.2, 0.25) is 0 Å². The van der Waals surface area contributed by atoms with E-state index in [0.29, 0.717) is 0 Å². The second-order valence-electron chi connectivity index (χ2n) is 1.51. The number of rotatable bonds is 3. The van der Waals surface area contributed by atoms with Gasteiger partial charge in [-0.05, 0) is 11.1 Å². The van der Waals surface area contributed by atoms with Crippen molar-refractivity contribution in [2.75, 3.05) is 0 Å². The van der Waals surface area contributed by atoms with Crippen LogP contribution in [0.5, 0.6) is 0 Å². The summed E-state index contributed by atoms with van der Waals surface area (Å²) in [6.45, 7) is 0. The first-order valence-electron chi connectivity index (χ1n) is 2.53. The number of carbonyl (C=O) groups is 2. The smallest absolute Gasteiger partial charge is 0.343 e. The third-order valence-corrected chi connectivity index (χ3v) is 1.10. The van der Waals surface area contributed by atoms with Crippen molar-refractivity contribution >= 4 is 27.9 Å². The van der Waals surface area contributed by atoms with Gasteiger partial charge >= 0.3 is 11.9 Å². The fourth-order valence-electron chi connectivity index (χ4n) is 0.367. The van der Waals surface area contributed by atoms with E-state index in [1.54, 1.807) is 0 Å². The Hall–Kier alpha value is -1.10. The van der Waals surface area contributed by atoms with Crippen molar-refractivity contribution < 1.29 is 19.8 Å². The quantitative estimate of drug-likeness (QED) is 0.322. The average molecular weight is 221 g/mol. The molecule has 0 aliphatic rings. The monoisotopic (exact) mass is 220 g/mol. The van der Waals surface area contributed by atoms with Crippen LogP contribution in [0.1, 0.15) is 0 Å². The zero-order valence-corrected chi connectivity index (χ0v) is 6.91. The van der Waals surface area contributed by atoms with E-state index in [2.05, 4.69) is 15.9 Å². The maximum Gasteiger partial charge on any atom is 0.343 e. The molecule has 5 heteroatoms. The Morgan fingerprint density at radius 3 is 1.91 bits per heavy atom. The molecule has 0 aliphatic heterocycles. The van der Waals surface area contributed by atoms with Crippen LogP contribution in [0.25, 0.3) is 0 Å². The van der Waals surface area contributed by atoms with Crippen LogP contribution in [0.4, 0.5) is 0 Å². The molecule has 0 saturated carbocycles. The van der Waals surface area contributed by atoms with Gasteiger partial charge in [-0.2, -0.15) is 0 Å². The van der Waals surface area contributed by atoms with Crippen LogP contribution >= 0.6 is 15.9 Å². The predicted molar refractivity (Wildman–Crippen MR) is 41.4 cm³/mol. The molecular formula is C6H5BrO4. The minimum absolute atomic E-state index is 0.666. The molecule has 0 aromatic carbocycles. The molecule has 60 valence electrons. The Kier molecular flexibility index (Phi) is 4.21. The second kappa shape index (κ2) is 4.68. The van der Waals surface area contributed by atoms with Crippen LogP contribution in [0.15, 0.2) is 22.7 Å². The van der Waals surface area contributed by atoms with Gasteiger partial charge in [0.1, 0.15) is 5.57 Å². The normalized spacial score (nSPS) is 9.55. The molecule has 0 bridgehead atoms. The third kappa shape index (κ3) is 3.57. The molecule has 0 radical (unpaired) electrons. The SMILES string of the molecule is O=C(O)C(=C/C=C/Br)C(=O)O. The van der Waals surface area contributed by atoms with Gasteiger partial charge < -0.3 is 10.2 Å². The summed E-state index contributed by atoms with van der Waals surface area (Å²) in [5.41, 5.74) is -0.666. The van der Waals surface area contributed by atoms with Crippen molar-refractivity contribution in [1.82, 2.24) is 0 Å². The van der Waals surface area contributed by atoms with Gasteiger partial charge in [0.05, 0.1) is 0 Å². The summed E-state index contributed by atoms with van der Waals surface area (Å²) < 4.78 is 0. The summed E-state index contributed by atoms with van der Waals surface area (Å²) in [6, 6.07) is 0. The maximum atomic E-state index is 10.1. The van der Waals surface area contributed by atoms with Gasteiger partial charge in [-0.1, -0.05) is 22.0 Å². The average Bonchev–Trinajstić information content (AvgIpc) is 1.87. The first kappa shape index (κ1) is 9.90. The van der Waals surface area contributed by atoms with Gasteiger partial charge in [0.2, 0.25) is 0 Å². The first-order valence-corrected chi connectivity index (χ1v) is 3.44. The summed E-state index contributed by atoms with van der Waals surface area (Å²) in [5, 5.41) is 16.5. The highest BCUT2D eigenvalue weighted by molar-refractivity contribution is 9.11. The van der Waals surface area contributed by atoms with Crippen molar-refractivity contribution in [3.63, 3.8) is 0 Å². The van der Waals surface area contributed by atoms with E-state index in [-0.39, 0.29) is 0 Å². The lowest BCUT2D eigenvalue weighted by Crippen LogP contribution is -2.10. The van der Waals surface area contributed by atoms with Gasteiger partial charge in [-0.3, -0.25) is 0 Å². The summed E-state index contributed by atoms with van der Waals surface area (Å²) >= 11 is 2.87. The van der Waals surface area contributed by atoms with E-state index >= 15 is 0 Å². The Balaban J connectivity index is 4.60. The van der Waals surface area contributed by atoms with E-state index in [4.69, 9.17) is 10.2 Å². The molecule has 0 aromatic heterocycles. The number of halogens is 1. The zero-order chi connectivity index (χ0) is 8.85. The number of hydrogen-bond acceptors (Lipinski definition) is 2.